The van der Waals surface area contributed by atoms with Gasteiger partial charge >= 0.3 is 0 Å². The fraction of sp³-hybridized carbons (Fsp3) is 0.571. The van der Waals surface area contributed by atoms with Crippen LogP contribution in [0.5, 0.6) is 0 Å². The van der Waals surface area contributed by atoms with Crippen LogP contribution in [0.3, 0.4) is 0 Å². The molecular formula is C7H13N5O. The summed E-state index contributed by atoms with van der Waals surface area (Å²) in [6, 6.07) is 0. The van der Waals surface area contributed by atoms with Crippen LogP contribution < -0.4 is 11.1 Å². The number of hydrogen-bond donors (Lipinski definition) is 2. The van der Waals surface area contributed by atoms with Gasteiger partial charge in [-0.05, 0) is 0 Å². The summed E-state index contributed by atoms with van der Waals surface area (Å²) < 4.78 is 1.82. The molecule has 1 aromatic heterocycles. The standard InChI is InChI=1S/C7H13N5O/c1-12-5-10-11-7(12)4-9-3-2-6(8)13/h5,9H,2-4H2,1H3,(H2,8,13). The van der Waals surface area contributed by atoms with Gasteiger partial charge in [-0.25, -0.2) is 0 Å². The second-order valence-corrected chi connectivity index (χ2v) is 2.75. The number of carbonyl (C=O) groups is 1. The zero-order valence-electron chi connectivity index (χ0n) is 7.53. The number of carbonyl (C=O) groups excluding carboxylic acids is 1. The van der Waals surface area contributed by atoms with E-state index in [0.29, 0.717) is 19.5 Å². The van der Waals surface area contributed by atoms with Gasteiger partial charge in [-0.3, -0.25) is 4.79 Å². The minimum absolute atomic E-state index is 0.300. The molecule has 6 nitrogen and oxygen atoms in total. The highest BCUT2D eigenvalue weighted by molar-refractivity contribution is 5.73. The Balaban J connectivity index is 2.20. The largest absolute Gasteiger partial charge is 0.370 e. The molecule has 72 valence electrons. The summed E-state index contributed by atoms with van der Waals surface area (Å²) in [7, 11) is 1.87. The van der Waals surface area contributed by atoms with E-state index in [1.807, 2.05) is 11.6 Å². The number of amides is 1. The molecule has 3 N–H and O–H groups in total. The summed E-state index contributed by atoms with van der Waals surface area (Å²) in [6.45, 7) is 1.17. The Kier molecular flexibility index (Phi) is 3.39. The summed E-state index contributed by atoms with van der Waals surface area (Å²) >= 11 is 0. The Morgan fingerprint density at radius 3 is 3.08 bits per heavy atom. The van der Waals surface area contributed by atoms with Gasteiger partial charge < -0.3 is 15.6 Å². The highest BCUT2D eigenvalue weighted by atomic mass is 16.1. The van der Waals surface area contributed by atoms with Gasteiger partial charge in [-0.2, -0.15) is 0 Å². The van der Waals surface area contributed by atoms with Crippen LogP contribution in [0, 0.1) is 0 Å². The maximum absolute atomic E-state index is 10.4. The average molecular weight is 183 g/mol. The quantitative estimate of drug-likeness (QED) is 0.560. The number of nitrogens with one attached hydrogen (secondary N) is 1. The molecule has 13 heavy (non-hydrogen) atoms. The van der Waals surface area contributed by atoms with E-state index in [2.05, 4.69) is 15.5 Å². The number of primary amides is 1. The highest BCUT2D eigenvalue weighted by Crippen LogP contribution is 1.89. The summed E-state index contributed by atoms with van der Waals surface area (Å²) in [5.74, 6) is 0.537. The monoisotopic (exact) mass is 183 g/mol. The first-order valence-electron chi connectivity index (χ1n) is 4.02. The van der Waals surface area contributed by atoms with Crippen molar-refractivity contribution in [2.24, 2.45) is 12.8 Å². The van der Waals surface area contributed by atoms with Crippen molar-refractivity contribution in [3.63, 3.8) is 0 Å². The zero-order valence-corrected chi connectivity index (χ0v) is 7.53. The third-order valence-electron chi connectivity index (χ3n) is 1.64. The number of nitrogens with two attached hydrogens (primary N) is 1. The van der Waals surface area contributed by atoms with Gasteiger partial charge in [0.2, 0.25) is 5.91 Å². The summed E-state index contributed by atoms with van der Waals surface area (Å²) in [4.78, 5) is 10.4. The summed E-state index contributed by atoms with van der Waals surface area (Å²) in [6.07, 6.45) is 1.98. The lowest BCUT2D eigenvalue weighted by atomic mass is 10.4. The van der Waals surface area contributed by atoms with Gasteiger partial charge in [0.05, 0.1) is 6.54 Å². The van der Waals surface area contributed by atoms with Gasteiger partial charge in [-0.1, -0.05) is 0 Å². The van der Waals surface area contributed by atoms with Gasteiger partial charge in [0.1, 0.15) is 12.2 Å². The van der Waals surface area contributed by atoms with Crippen molar-refractivity contribution < 1.29 is 4.79 Å². The molecule has 1 rings (SSSR count). The zero-order chi connectivity index (χ0) is 9.68. The second-order valence-electron chi connectivity index (χ2n) is 2.75. The second kappa shape index (κ2) is 4.56. The van der Waals surface area contributed by atoms with Crippen molar-refractivity contribution >= 4 is 5.91 Å². The van der Waals surface area contributed by atoms with Crippen LogP contribution in [-0.4, -0.2) is 27.2 Å². The molecule has 0 fully saturated rings. The molecule has 0 radical (unpaired) electrons. The van der Waals surface area contributed by atoms with E-state index in [9.17, 15) is 4.79 Å². The number of aryl methyl sites for hydroxylation is 1. The minimum Gasteiger partial charge on any atom is -0.370 e. The molecule has 0 atom stereocenters. The van der Waals surface area contributed by atoms with Gasteiger partial charge in [0, 0.05) is 20.0 Å². The predicted molar refractivity (Wildman–Crippen MR) is 46.5 cm³/mol. The Labute approximate surface area is 76.1 Å². The third kappa shape index (κ3) is 3.20. The van der Waals surface area contributed by atoms with Crippen LogP contribution >= 0.6 is 0 Å². The lowest BCUT2D eigenvalue weighted by molar-refractivity contribution is -0.117. The molecular weight excluding hydrogens is 170 g/mol. The lowest BCUT2D eigenvalue weighted by Crippen LogP contribution is -2.22. The van der Waals surface area contributed by atoms with Crippen molar-refractivity contribution in [3.05, 3.63) is 12.2 Å². The van der Waals surface area contributed by atoms with Crippen molar-refractivity contribution in [2.75, 3.05) is 6.54 Å². The highest BCUT2D eigenvalue weighted by Gasteiger charge is 1.99. The SMILES string of the molecule is Cn1cnnc1CNCCC(N)=O. The van der Waals surface area contributed by atoms with E-state index in [1.54, 1.807) is 6.33 Å². The molecule has 1 aromatic rings. The van der Waals surface area contributed by atoms with Crippen LogP contribution in [0.15, 0.2) is 6.33 Å². The molecule has 1 heterocycles. The lowest BCUT2D eigenvalue weighted by Gasteiger charge is -2.01. The molecule has 0 aliphatic carbocycles. The Bertz CT molecular complexity index is 282. The van der Waals surface area contributed by atoms with Crippen LogP contribution in [-0.2, 0) is 18.4 Å². The molecule has 0 aliphatic heterocycles. The van der Waals surface area contributed by atoms with E-state index in [4.69, 9.17) is 5.73 Å². The summed E-state index contributed by atoms with van der Waals surface area (Å²) in [5.41, 5.74) is 4.97. The van der Waals surface area contributed by atoms with Gasteiger partial charge in [-0.15, -0.1) is 10.2 Å². The molecule has 0 saturated heterocycles. The first-order valence-corrected chi connectivity index (χ1v) is 4.02. The van der Waals surface area contributed by atoms with Crippen LogP contribution in [0.4, 0.5) is 0 Å². The first kappa shape index (κ1) is 9.66. The van der Waals surface area contributed by atoms with Gasteiger partial charge in [0.15, 0.2) is 0 Å². The van der Waals surface area contributed by atoms with E-state index in [0.717, 1.165) is 5.82 Å². The molecule has 0 spiro atoms. The van der Waals surface area contributed by atoms with E-state index < -0.39 is 0 Å². The minimum atomic E-state index is -0.300. The molecule has 0 unspecified atom stereocenters. The van der Waals surface area contributed by atoms with Crippen LogP contribution in [0.1, 0.15) is 12.2 Å². The van der Waals surface area contributed by atoms with Crippen molar-refractivity contribution in [3.8, 4) is 0 Å². The van der Waals surface area contributed by atoms with Crippen LogP contribution in [0.2, 0.25) is 0 Å². The third-order valence-corrected chi connectivity index (χ3v) is 1.64. The predicted octanol–water partition coefficient (Wildman–Crippen LogP) is -1.22. The molecule has 0 saturated carbocycles. The van der Waals surface area contributed by atoms with Crippen molar-refractivity contribution in [1.29, 1.82) is 0 Å². The van der Waals surface area contributed by atoms with E-state index >= 15 is 0 Å². The maximum Gasteiger partial charge on any atom is 0.218 e. The maximum atomic E-state index is 10.4. The number of nitrogens with zero attached hydrogens (tertiary/aromatic N) is 3. The number of aromatic nitrogens is 3. The Morgan fingerprint density at radius 2 is 2.54 bits per heavy atom. The average Bonchev–Trinajstić information content (AvgIpc) is 2.45. The number of hydrogen-bond acceptors (Lipinski definition) is 4. The fourth-order valence-corrected chi connectivity index (χ4v) is 0.879. The molecule has 0 aromatic carbocycles. The molecule has 6 heteroatoms. The smallest absolute Gasteiger partial charge is 0.218 e. The van der Waals surface area contributed by atoms with Crippen molar-refractivity contribution in [1.82, 2.24) is 20.1 Å². The fourth-order valence-electron chi connectivity index (χ4n) is 0.879. The molecule has 0 bridgehead atoms. The molecule has 1 amide bonds. The normalized spacial score (nSPS) is 10.2. The van der Waals surface area contributed by atoms with E-state index in [1.165, 1.54) is 0 Å². The van der Waals surface area contributed by atoms with Crippen molar-refractivity contribution in [2.45, 2.75) is 13.0 Å². The van der Waals surface area contributed by atoms with E-state index in [-0.39, 0.29) is 5.91 Å². The Hall–Kier alpha value is -1.43. The Morgan fingerprint density at radius 1 is 1.77 bits per heavy atom. The topological polar surface area (TPSA) is 85.8 Å². The molecule has 0 aliphatic rings. The van der Waals surface area contributed by atoms with Gasteiger partial charge in [0.25, 0.3) is 0 Å². The summed E-state index contributed by atoms with van der Waals surface area (Å²) in [5, 5.41) is 10.6. The first-order chi connectivity index (χ1) is 6.20. The number of rotatable bonds is 5. The van der Waals surface area contributed by atoms with Crippen LogP contribution in [0.25, 0.3) is 0 Å².